The lowest BCUT2D eigenvalue weighted by Gasteiger charge is -2.07. The Balaban J connectivity index is 1.33. The number of benzene rings is 2. The van der Waals surface area contributed by atoms with E-state index >= 15 is 0 Å². The number of hydrogen-bond acceptors (Lipinski definition) is 4. The summed E-state index contributed by atoms with van der Waals surface area (Å²) >= 11 is 0. The molecule has 0 bridgehead atoms. The molecule has 6 nitrogen and oxygen atoms in total. The molecule has 1 aliphatic heterocycles. The molecule has 2 aromatic rings. The lowest BCUT2D eigenvalue weighted by molar-refractivity contribution is -0.122. The van der Waals surface area contributed by atoms with Crippen LogP contribution in [0, 0.1) is 18.8 Å². The minimum absolute atomic E-state index is 0.116. The Labute approximate surface area is 145 Å². The first-order valence-corrected chi connectivity index (χ1v) is 8.18. The van der Waals surface area contributed by atoms with Gasteiger partial charge < -0.3 is 20.1 Å². The van der Waals surface area contributed by atoms with Crippen molar-refractivity contribution in [2.75, 3.05) is 17.4 Å². The molecule has 2 atom stereocenters. The van der Waals surface area contributed by atoms with Crippen molar-refractivity contribution < 1.29 is 19.1 Å². The Morgan fingerprint density at radius 2 is 1.48 bits per heavy atom. The van der Waals surface area contributed by atoms with E-state index in [1.54, 1.807) is 18.2 Å². The van der Waals surface area contributed by atoms with Crippen LogP contribution < -0.4 is 20.1 Å². The highest BCUT2D eigenvalue weighted by molar-refractivity contribution is 6.03. The summed E-state index contributed by atoms with van der Waals surface area (Å²) in [7, 11) is 0. The summed E-state index contributed by atoms with van der Waals surface area (Å²) in [6, 6.07) is 12.8. The van der Waals surface area contributed by atoms with E-state index in [9.17, 15) is 9.59 Å². The van der Waals surface area contributed by atoms with E-state index in [2.05, 4.69) is 10.6 Å². The number of fused-ring (bicyclic) bond motifs is 1. The molecule has 4 rings (SSSR count). The zero-order chi connectivity index (χ0) is 17.4. The van der Waals surface area contributed by atoms with Gasteiger partial charge in [-0.3, -0.25) is 9.59 Å². The lowest BCUT2D eigenvalue weighted by Crippen LogP contribution is -2.20. The van der Waals surface area contributed by atoms with Gasteiger partial charge in [-0.05, 0) is 37.6 Å². The lowest BCUT2D eigenvalue weighted by atomic mass is 10.2. The topological polar surface area (TPSA) is 76.7 Å². The van der Waals surface area contributed by atoms with Crippen LogP contribution in [0.1, 0.15) is 12.0 Å². The molecule has 0 radical (unpaired) electrons. The SMILES string of the molecule is Cc1ccc(NC(=O)C2CC2C(=O)Nc2ccc3c(c2)OCO3)cc1. The van der Waals surface area contributed by atoms with Gasteiger partial charge in [-0.25, -0.2) is 0 Å². The fourth-order valence-electron chi connectivity index (χ4n) is 2.86. The molecular formula is C19H18N2O4. The van der Waals surface area contributed by atoms with E-state index in [0.29, 0.717) is 23.6 Å². The van der Waals surface area contributed by atoms with Crippen molar-refractivity contribution in [1.82, 2.24) is 0 Å². The van der Waals surface area contributed by atoms with E-state index in [4.69, 9.17) is 9.47 Å². The molecule has 1 fully saturated rings. The van der Waals surface area contributed by atoms with Crippen molar-refractivity contribution in [3.63, 3.8) is 0 Å². The van der Waals surface area contributed by atoms with Gasteiger partial charge in [0.15, 0.2) is 11.5 Å². The summed E-state index contributed by atoms with van der Waals surface area (Å²) in [5, 5.41) is 5.69. The normalized spacial score (nSPS) is 20.0. The summed E-state index contributed by atoms with van der Waals surface area (Å²) in [6.45, 7) is 2.18. The Morgan fingerprint density at radius 1 is 0.880 bits per heavy atom. The van der Waals surface area contributed by atoms with Crippen molar-refractivity contribution in [2.45, 2.75) is 13.3 Å². The molecule has 0 aromatic heterocycles. The fraction of sp³-hybridized carbons (Fsp3) is 0.263. The van der Waals surface area contributed by atoms with Gasteiger partial charge in [-0.15, -0.1) is 0 Å². The molecule has 1 aliphatic carbocycles. The van der Waals surface area contributed by atoms with Gasteiger partial charge >= 0.3 is 0 Å². The summed E-state index contributed by atoms with van der Waals surface area (Å²) in [4.78, 5) is 24.6. The van der Waals surface area contributed by atoms with Crippen molar-refractivity contribution in [1.29, 1.82) is 0 Å². The highest BCUT2D eigenvalue weighted by atomic mass is 16.7. The highest BCUT2D eigenvalue weighted by Gasteiger charge is 2.48. The molecule has 25 heavy (non-hydrogen) atoms. The third kappa shape index (κ3) is 3.28. The maximum absolute atomic E-state index is 12.3. The van der Waals surface area contributed by atoms with Gasteiger partial charge in [-0.2, -0.15) is 0 Å². The van der Waals surface area contributed by atoms with Gasteiger partial charge in [0.05, 0.1) is 11.8 Å². The van der Waals surface area contributed by atoms with E-state index in [0.717, 1.165) is 11.3 Å². The molecule has 2 aromatic carbocycles. The number of anilines is 2. The average molecular weight is 338 g/mol. The Kier molecular flexibility index (Phi) is 3.80. The van der Waals surface area contributed by atoms with Crippen LogP contribution in [0.3, 0.4) is 0 Å². The van der Waals surface area contributed by atoms with Gasteiger partial charge in [-0.1, -0.05) is 17.7 Å². The Bertz CT molecular complexity index is 832. The number of aryl methyl sites for hydroxylation is 1. The smallest absolute Gasteiger partial charge is 0.231 e. The van der Waals surface area contributed by atoms with E-state index in [1.807, 2.05) is 31.2 Å². The van der Waals surface area contributed by atoms with E-state index in [-0.39, 0.29) is 30.4 Å². The van der Waals surface area contributed by atoms with Crippen LogP contribution in [0.5, 0.6) is 11.5 Å². The molecule has 6 heteroatoms. The van der Waals surface area contributed by atoms with E-state index in [1.165, 1.54) is 0 Å². The van der Waals surface area contributed by atoms with Crippen LogP contribution in [-0.2, 0) is 9.59 Å². The second-order valence-electron chi connectivity index (χ2n) is 6.36. The number of ether oxygens (including phenoxy) is 2. The van der Waals surface area contributed by atoms with Crippen LogP contribution in [0.4, 0.5) is 11.4 Å². The zero-order valence-corrected chi connectivity index (χ0v) is 13.7. The minimum Gasteiger partial charge on any atom is -0.454 e. The third-order valence-electron chi connectivity index (χ3n) is 4.42. The maximum atomic E-state index is 12.3. The van der Waals surface area contributed by atoms with E-state index < -0.39 is 0 Å². The molecule has 2 aliphatic rings. The molecule has 1 heterocycles. The summed E-state index contributed by atoms with van der Waals surface area (Å²) < 4.78 is 10.5. The number of rotatable bonds is 4. The van der Waals surface area contributed by atoms with Crippen LogP contribution in [0.15, 0.2) is 42.5 Å². The molecule has 2 unspecified atom stereocenters. The molecule has 1 saturated carbocycles. The van der Waals surface area contributed by atoms with Crippen LogP contribution >= 0.6 is 0 Å². The first-order valence-electron chi connectivity index (χ1n) is 8.18. The molecule has 0 saturated heterocycles. The van der Waals surface area contributed by atoms with Gasteiger partial charge in [0.1, 0.15) is 0 Å². The highest BCUT2D eigenvalue weighted by Crippen LogP contribution is 2.41. The monoisotopic (exact) mass is 338 g/mol. The minimum atomic E-state index is -0.295. The van der Waals surface area contributed by atoms with Crippen LogP contribution in [0.2, 0.25) is 0 Å². The van der Waals surface area contributed by atoms with Crippen molar-refractivity contribution in [3.05, 3.63) is 48.0 Å². The standard InChI is InChI=1S/C19H18N2O4/c1-11-2-4-12(5-3-11)20-18(22)14-9-15(14)19(23)21-13-6-7-16-17(8-13)25-10-24-16/h2-8,14-15H,9-10H2,1H3,(H,20,22)(H,21,23). The van der Waals surface area contributed by atoms with Crippen LogP contribution in [0.25, 0.3) is 0 Å². The molecule has 2 N–H and O–H groups in total. The fourth-order valence-corrected chi connectivity index (χ4v) is 2.86. The third-order valence-corrected chi connectivity index (χ3v) is 4.42. The number of carbonyl (C=O) groups is 2. The predicted octanol–water partition coefficient (Wildman–Crippen LogP) is 2.94. The van der Waals surface area contributed by atoms with Crippen molar-refractivity contribution in [2.24, 2.45) is 11.8 Å². The van der Waals surface area contributed by atoms with Crippen molar-refractivity contribution in [3.8, 4) is 11.5 Å². The number of carbonyl (C=O) groups excluding carboxylic acids is 2. The van der Waals surface area contributed by atoms with Crippen molar-refractivity contribution >= 4 is 23.2 Å². The quantitative estimate of drug-likeness (QED) is 0.899. The zero-order valence-electron chi connectivity index (χ0n) is 13.7. The number of amides is 2. The Hall–Kier alpha value is -3.02. The van der Waals surface area contributed by atoms with Gasteiger partial charge in [0, 0.05) is 17.4 Å². The molecule has 0 spiro atoms. The van der Waals surface area contributed by atoms with Crippen LogP contribution in [-0.4, -0.2) is 18.6 Å². The number of nitrogens with one attached hydrogen (secondary N) is 2. The molecule has 2 amide bonds. The first-order chi connectivity index (χ1) is 12.1. The molecule has 128 valence electrons. The second kappa shape index (κ2) is 6.12. The maximum Gasteiger partial charge on any atom is 0.231 e. The molecular weight excluding hydrogens is 320 g/mol. The predicted molar refractivity (Wildman–Crippen MR) is 92.6 cm³/mol. The summed E-state index contributed by atoms with van der Waals surface area (Å²) in [6.07, 6.45) is 0.564. The largest absolute Gasteiger partial charge is 0.454 e. The van der Waals surface area contributed by atoms with Gasteiger partial charge in [0.2, 0.25) is 18.6 Å². The average Bonchev–Trinajstić information content (AvgIpc) is 3.28. The summed E-state index contributed by atoms with van der Waals surface area (Å²) in [5.74, 6) is 0.436. The Morgan fingerprint density at radius 3 is 2.20 bits per heavy atom. The number of hydrogen-bond donors (Lipinski definition) is 2. The second-order valence-corrected chi connectivity index (χ2v) is 6.36. The van der Waals surface area contributed by atoms with Gasteiger partial charge in [0.25, 0.3) is 0 Å². The summed E-state index contributed by atoms with van der Waals surface area (Å²) in [5.41, 5.74) is 2.52. The first kappa shape index (κ1) is 15.5.